The number of nitro groups is 1. The molecule has 3 rings (SSSR count). The minimum Gasteiger partial charge on any atom is -0.496 e. The molecule has 25 heavy (non-hydrogen) atoms. The van der Waals surface area contributed by atoms with Gasteiger partial charge in [0.05, 0.1) is 17.6 Å². The number of nitrogens with zero attached hydrogens (tertiary/aromatic N) is 3. The predicted octanol–water partition coefficient (Wildman–Crippen LogP) is 4.25. The van der Waals surface area contributed by atoms with Gasteiger partial charge in [-0.3, -0.25) is 10.1 Å². The van der Waals surface area contributed by atoms with Crippen molar-refractivity contribution in [1.82, 2.24) is 10.2 Å². The molecular formula is C17H15N3O4S. The molecule has 0 bridgehead atoms. The van der Waals surface area contributed by atoms with Gasteiger partial charge in [0.25, 0.3) is 16.8 Å². The van der Waals surface area contributed by atoms with E-state index in [9.17, 15) is 10.1 Å². The quantitative estimate of drug-likeness (QED) is 0.370. The average molecular weight is 357 g/mol. The zero-order valence-electron chi connectivity index (χ0n) is 13.6. The van der Waals surface area contributed by atoms with E-state index in [0.717, 1.165) is 11.1 Å². The van der Waals surface area contributed by atoms with Crippen LogP contribution in [0.3, 0.4) is 0 Å². The van der Waals surface area contributed by atoms with Gasteiger partial charge in [-0.15, -0.1) is 10.2 Å². The number of benzene rings is 2. The lowest BCUT2D eigenvalue weighted by Crippen LogP contribution is -1.95. The van der Waals surface area contributed by atoms with Crippen molar-refractivity contribution in [2.75, 3.05) is 7.11 Å². The summed E-state index contributed by atoms with van der Waals surface area (Å²) in [6.07, 6.45) is 0. The number of methoxy groups -OCH3 is 1. The summed E-state index contributed by atoms with van der Waals surface area (Å²) in [7, 11) is 1.58. The lowest BCUT2D eigenvalue weighted by Gasteiger charge is -2.04. The molecule has 7 nitrogen and oxygen atoms in total. The highest BCUT2D eigenvalue weighted by atomic mass is 32.2. The highest BCUT2D eigenvalue weighted by Gasteiger charge is 2.16. The van der Waals surface area contributed by atoms with E-state index in [0.29, 0.717) is 28.2 Å². The summed E-state index contributed by atoms with van der Waals surface area (Å²) in [5, 5.41) is 19.5. The number of hydrogen-bond donors (Lipinski definition) is 0. The van der Waals surface area contributed by atoms with E-state index in [2.05, 4.69) is 10.2 Å². The Morgan fingerprint density at radius 1 is 1.20 bits per heavy atom. The molecule has 0 fully saturated rings. The first-order chi connectivity index (χ1) is 12.1. The molecule has 0 radical (unpaired) electrons. The lowest BCUT2D eigenvalue weighted by molar-refractivity contribution is -0.385. The van der Waals surface area contributed by atoms with Gasteiger partial charge in [0.1, 0.15) is 5.75 Å². The van der Waals surface area contributed by atoms with Crippen LogP contribution in [0.5, 0.6) is 5.75 Å². The minimum atomic E-state index is -0.379. The SMILES string of the molecule is COc1ccccc1-c1nnc(SCc2cccc([N+](=O)[O-])c2C)o1. The fourth-order valence-electron chi connectivity index (χ4n) is 2.36. The van der Waals surface area contributed by atoms with Crippen molar-refractivity contribution < 1.29 is 14.1 Å². The molecule has 1 heterocycles. The van der Waals surface area contributed by atoms with Gasteiger partial charge in [0, 0.05) is 17.4 Å². The Kier molecular flexibility index (Phi) is 4.99. The van der Waals surface area contributed by atoms with Gasteiger partial charge in [-0.2, -0.15) is 0 Å². The Morgan fingerprint density at radius 3 is 2.76 bits per heavy atom. The number of rotatable bonds is 6. The summed E-state index contributed by atoms with van der Waals surface area (Å²) in [5.74, 6) is 1.52. The topological polar surface area (TPSA) is 91.3 Å². The maximum Gasteiger partial charge on any atom is 0.277 e. The Morgan fingerprint density at radius 2 is 2.00 bits per heavy atom. The molecule has 0 spiro atoms. The van der Waals surface area contributed by atoms with Crippen LogP contribution in [0, 0.1) is 17.0 Å². The molecule has 0 aliphatic heterocycles. The number of ether oxygens (including phenoxy) is 1. The smallest absolute Gasteiger partial charge is 0.277 e. The zero-order chi connectivity index (χ0) is 17.8. The molecule has 0 amide bonds. The third-order valence-corrected chi connectivity index (χ3v) is 4.58. The summed E-state index contributed by atoms with van der Waals surface area (Å²) >= 11 is 1.33. The van der Waals surface area contributed by atoms with E-state index in [4.69, 9.17) is 9.15 Å². The monoisotopic (exact) mass is 357 g/mol. The Bertz CT molecular complexity index is 910. The van der Waals surface area contributed by atoms with Crippen LogP contribution in [0.15, 0.2) is 52.1 Å². The van der Waals surface area contributed by atoms with Gasteiger partial charge in [0.15, 0.2) is 0 Å². The number of hydrogen-bond acceptors (Lipinski definition) is 7. The van der Waals surface area contributed by atoms with Crippen LogP contribution in [0.4, 0.5) is 5.69 Å². The first-order valence-corrected chi connectivity index (χ1v) is 8.41. The van der Waals surface area contributed by atoms with Gasteiger partial charge in [-0.1, -0.05) is 36.0 Å². The maximum atomic E-state index is 11.0. The second-order valence-corrected chi connectivity index (χ2v) is 6.11. The van der Waals surface area contributed by atoms with E-state index in [1.54, 1.807) is 20.1 Å². The van der Waals surface area contributed by atoms with Crippen molar-refractivity contribution >= 4 is 17.4 Å². The summed E-state index contributed by atoms with van der Waals surface area (Å²) in [4.78, 5) is 10.6. The first kappa shape index (κ1) is 17.0. The van der Waals surface area contributed by atoms with E-state index in [-0.39, 0.29) is 10.6 Å². The Balaban J connectivity index is 1.77. The molecule has 0 N–H and O–H groups in total. The van der Waals surface area contributed by atoms with Crippen molar-refractivity contribution in [3.63, 3.8) is 0 Å². The first-order valence-electron chi connectivity index (χ1n) is 7.42. The molecule has 8 heteroatoms. The van der Waals surface area contributed by atoms with Crippen LogP contribution < -0.4 is 4.74 Å². The maximum absolute atomic E-state index is 11.0. The molecule has 0 unspecified atom stereocenters. The molecule has 0 saturated carbocycles. The van der Waals surface area contributed by atoms with E-state index in [1.807, 2.05) is 30.3 Å². The minimum absolute atomic E-state index is 0.110. The van der Waals surface area contributed by atoms with Crippen LogP contribution in [0.25, 0.3) is 11.5 Å². The third-order valence-electron chi connectivity index (χ3n) is 3.71. The summed E-state index contributed by atoms with van der Waals surface area (Å²) < 4.78 is 11.0. The molecule has 0 aliphatic carbocycles. The summed E-state index contributed by atoms with van der Waals surface area (Å²) in [5.41, 5.74) is 2.33. The molecular weight excluding hydrogens is 342 g/mol. The van der Waals surface area contributed by atoms with Crippen molar-refractivity contribution in [2.45, 2.75) is 17.9 Å². The lowest BCUT2D eigenvalue weighted by atomic mass is 10.1. The second-order valence-electron chi connectivity index (χ2n) is 5.18. The van der Waals surface area contributed by atoms with Gasteiger partial charge in [-0.25, -0.2) is 0 Å². The molecule has 0 saturated heterocycles. The third kappa shape index (κ3) is 3.63. The second kappa shape index (κ2) is 7.35. The van der Waals surface area contributed by atoms with Gasteiger partial charge in [0.2, 0.25) is 0 Å². The standard InChI is InChI=1S/C17H15N3O4S/c1-11-12(6-5-8-14(11)20(21)22)10-25-17-19-18-16(24-17)13-7-3-4-9-15(13)23-2/h3-9H,10H2,1-2H3. The van der Waals surface area contributed by atoms with Crippen LogP contribution in [0.1, 0.15) is 11.1 Å². The van der Waals surface area contributed by atoms with E-state index in [1.165, 1.54) is 17.8 Å². The van der Waals surface area contributed by atoms with Gasteiger partial charge >= 0.3 is 0 Å². The van der Waals surface area contributed by atoms with Gasteiger partial charge in [-0.05, 0) is 24.6 Å². The summed E-state index contributed by atoms with van der Waals surface area (Å²) in [6.45, 7) is 1.74. The molecule has 0 aliphatic rings. The van der Waals surface area contributed by atoms with Crippen LogP contribution in [0.2, 0.25) is 0 Å². The summed E-state index contributed by atoms with van der Waals surface area (Å²) in [6, 6.07) is 12.4. The predicted molar refractivity (Wildman–Crippen MR) is 93.7 cm³/mol. The zero-order valence-corrected chi connectivity index (χ0v) is 14.4. The van der Waals surface area contributed by atoms with Crippen LogP contribution in [-0.2, 0) is 5.75 Å². The highest BCUT2D eigenvalue weighted by molar-refractivity contribution is 7.98. The molecule has 1 aromatic heterocycles. The highest BCUT2D eigenvalue weighted by Crippen LogP contribution is 2.32. The average Bonchev–Trinajstić information content (AvgIpc) is 3.09. The van der Waals surface area contributed by atoms with E-state index >= 15 is 0 Å². The number of thioether (sulfide) groups is 1. The van der Waals surface area contributed by atoms with Crippen molar-refractivity contribution in [1.29, 1.82) is 0 Å². The van der Waals surface area contributed by atoms with E-state index < -0.39 is 0 Å². The molecule has 3 aromatic rings. The molecule has 0 atom stereocenters. The Hall–Kier alpha value is -2.87. The fraction of sp³-hybridized carbons (Fsp3) is 0.176. The van der Waals surface area contributed by atoms with Crippen molar-refractivity contribution in [3.05, 3.63) is 63.7 Å². The number of aromatic nitrogens is 2. The molecule has 2 aromatic carbocycles. The largest absolute Gasteiger partial charge is 0.496 e. The normalized spacial score (nSPS) is 10.6. The van der Waals surface area contributed by atoms with Crippen molar-refractivity contribution in [2.24, 2.45) is 0 Å². The Labute approximate surface area is 148 Å². The number of para-hydroxylation sites is 1. The van der Waals surface area contributed by atoms with Crippen LogP contribution >= 0.6 is 11.8 Å². The number of nitro benzene ring substituents is 1. The fourth-order valence-corrected chi connectivity index (χ4v) is 3.19. The van der Waals surface area contributed by atoms with Gasteiger partial charge < -0.3 is 9.15 Å². The van der Waals surface area contributed by atoms with Crippen LogP contribution in [-0.4, -0.2) is 22.2 Å². The molecule has 128 valence electrons. The van der Waals surface area contributed by atoms with Crippen molar-refractivity contribution in [3.8, 4) is 17.2 Å².